The van der Waals surface area contributed by atoms with Gasteiger partial charge in [0.25, 0.3) is 0 Å². The quantitative estimate of drug-likeness (QED) is 0.367. The molecule has 0 aliphatic carbocycles. The first-order chi connectivity index (χ1) is 7.63. The van der Waals surface area contributed by atoms with Crippen LogP contribution in [0.5, 0.6) is 0 Å². The highest BCUT2D eigenvalue weighted by atomic mass is 35.5. The molecule has 0 radical (unpaired) electrons. The molecule has 0 aliphatic rings. The molecule has 1 rings (SSSR count). The van der Waals surface area contributed by atoms with Crippen LogP contribution in [0.1, 0.15) is 6.42 Å². The molecule has 16 heavy (non-hydrogen) atoms. The standard InChI is InChI=1S/C7H9ClN4O3S/c8-2-1-3-9-6(13)11-7-10-4-5(16-7)12(14)15/h4H,1-3H2,(H2,9,10,11,13). The van der Waals surface area contributed by atoms with E-state index in [1.807, 2.05) is 0 Å². The first-order valence-corrected chi connectivity index (χ1v) is 5.69. The fourth-order valence-corrected chi connectivity index (χ4v) is 1.58. The Morgan fingerprint density at radius 2 is 2.44 bits per heavy atom. The fraction of sp³-hybridized carbons (Fsp3) is 0.429. The molecule has 0 spiro atoms. The minimum atomic E-state index is -0.561. The topological polar surface area (TPSA) is 97.2 Å². The smallest absolute Gasteiger partial charge is 0.338 e. The van der Waals surface area contributed by atoms with Crippen LogP contribution in [-0.4, -0.2) is 28.4 Å². The molecule has 0 aromatic carbocycles. The summed E-state index contributed by atoms with van der Waals surface area (Å²) in [5.41, 5.74) is 0. The molecule has 0 saturated carbocycles. The molecule has 1 aromatic heterocycles. The summed E-state index contributed by atoms with van der Waals surface area (Å²) >= 11 is 6.23. The Morgan fingerprint density at radius 3 is 3.00 bits per heavy atom. The van der Waals surface area contributed by atoms with Crippen LogP contribution in [0.4, 0.5) is 14.9 Å². The van der Waals surface area contributed by atoms with Crippen molar-refractivity contribution in [2.45, 2.75) is 6.42 Å². The largest absolute Gasteiger partial charge is 0.345 e. The van der Waals surface area contributed by atoms with Crippen molar-refractivity contribution >= 4 is 39.1 Å². The highest BCUT2D eigenvalue weighted by molar-refractivity contribution is 7.18. The molecule has 7 nitrogen and oxygen atoms in total. The molecule has 1 aromatic rings. The zero-order valence-corrected chi connectivity index (χ0v) is 9.68. The van der Waals surface area contributed by atoms with Gasteiger partial charge in [-0.25, -0.2) is 9.78 Å². The molecule has 2 N–H and O–H groups in total. The molecule has 0 fully saturated rings. The molecular weight excluding hydrogens is 256 g/mol. The van der Waals surface area contributed by atoms with Gasteiger partial charge in [-0.2, -0.15) is 0 Å². The second kappa shape index (κ2) is 6.23. The number of urea groups is 1. The van der Waals surface area contributed by atoms with Gasteiger partial charge in [0.1, 0.15) is 6.20 Å². The maximum Gasteiger partial charge on any atom is 0.345 e. The number of rotatable bonds is 5. The van der Waals surface area contributed by atoms with E-state index in [2.05, 4.69) is 15.6 Å². The Kier molecular flexibility index (Phi) is 4.93. The third kappa shape index (κ3) is 3.99. The van der Waals surface area contributed by atoms with Gasteiger partial charge in [-0.1, -0.05) is 0 Å². The van der Waals surface area contributed by atoms with Crippen molar-refractivity contribution in [3.8, 4) is 0 Å². The van der Waals surface area contributed by atoms with Gasteiger partial charge in [0, 0.05) is 12.4 Å². The second-order valence-corrected chi connectivity index (χ2v) is 4.07. The molecule has 0 unspecified atom stereocenters. The predicted molar refractivity (Wildman–Crippen MR) is 61.1 cm³/mol. The summed E-state index contributed by atoms with van der Waals surface area (Å²) in [5, 5.41) is 15.3. The number of nitrogens with one attached hydrogen (secondary N) is 2. The van der Waals surface area contributed by atoms with E-state index in [1.165, 1.54) is 0 Å². The summed E-state index contributed by atoms with van der Waals surface area (Å²) in [6.45, 7) is 0.447. The van der Waals surface area contributed by atoms with Gasteiger partial charge in [0.15, 0.2) is 5.13 Å². The molecule has 0 aliphatic heterocycles. The molecule has 0 saturated heterocycles. The normalized spacial score (nSPS) is 9.81. The first kappa shape index (κ1) is 12.7. The van der Waals surface area contributed by atoms with Crippen LogP contribution in [-0.2, 0) is 0 Å². The van der Waals surface area contributed by atoms with E-state index in [1.54, 1.807) is 0 Å². The van der Waals surface area contributed by atoms with Crippen LogP contribution < -0.4 is 10.6 Å². The van der Waals surface area contributed by atoms with E-state index in [-0.39, 0.29) is 10.1 Å². The van der Waals surface area contributed by atoms with E-state index in [0.29, 0.717) is 18.8 Å². The van der Waals surface area contributed by atoms with Crippen molar-refractivity contribution in [2.75, 3.05) is 17.7 Å². The zero-order valence-electron chi connectivity index (χ0n) is 8.10. The highest BCUT2D eigenvalue weighted by Crippen LogP contribution is 2.24. The number of nitro groups is 1. The van der Waals surface area contributed by atoms with Crippen molar-refractivity contribution in [1.29, 1.82) is 0 Å². The number of hydrogen-bond acceptors (Lipinski definition) is 5. The minimum Gasteiger partial charge on any atom is -0.338 e. The second-order valence-electron chi connectivity index (χ2n) is 2.68. The molecule has 0 bridgehead atoms. The Hall–Kier alpha value is -1.41. The van der Waals surface area contributed by atoms with Gasteiger partial charge in [-0.05, 0) is 17.8 Å². The Morgan fingerprint density at radius 1 is 1.69 bits per heavy atom. The van der Waals surface area contributed by atoms with Crippen LogP contribution in [0, 0.1) is 10.1 Å². The van der Waals surface area contributed by atoms with Crippen molar-refractivity contribution in [3.05, 3.63) is 16.3 Å². The third-order valence-corrected chi connectivity index (χ3v) is 2.62. The monoisotopic (exact) mass is 264 g/mol. The number of hydrogen-bond donors (Lipinski definition) is 2. The van der Waals surface area contributed by atoms with Crippen LogP contribution in [0.2, 0.25) is 0 Å². The zero-order chi connectivity index (χ0) is 12.0. The first-order valence-electron chi connectivity index (χ1n) is 4.34. The average molecular weight is 265 g/mol. The van der Waals surface area contributed by atoms with E-state index < -0.39 is 11.0 Å². The number of carbonyl (C=O) groups is 1. The van der Waals surface area contributed by atoms with Crippen molar-refractivity contribution < 1.29 is 9.72 Å². The lowest BCUT2D eigenvalue weighted by molar-refractivity contribution is -0.380. The van der Waals surface area contributed by atoms with Crippen LogP contribution in [0.3, 0.4) is 0 Å². The van der Waals surface area contributed by atoms with E-state index >= 15 is 0 Å². The van der Waals surface area contributed by atoms with Gasteiger partial charge >= 0.3 is 11.0 Å². The molecule has 9 heteroatoms. The van der Waals surface area contributed by atoms with E-state index in [0.717, 1.165) is 17.5 Å². The number of aromatic nitrogens is 1. The molecule has 0 atom stereocenters. The number of carbonyl (C=O) groups excluding carboxylic acids is 1. The summed E-state index contributed by atoms with van der Waals surface area (Å²) in [5.74, 6) is 0.461. The number of halogens is 1. The number of amides is 2. The lowest BCUT2D eigenvalue weighted by Gasteiger charge is -2.02. The van der Waals surface area contributed by atoms with E-state index in [4.69, 9.17) is 11.6 Å². The maximum absolute atomic E-state index is 11.2. The van der Waals surface area contributed by atoms with E-state index in [9.17, 15) is 14.9 Å². The molecule has 2 amide bonds. The Labute approximate surface area is 100.0 Å². The van der Waals surface area contributed by atoms with Crippen molar-refractivity contribution in [3.63, 3.8) is 0 Å². The van der Waals surface area contributed by atoms with Crippen molar-refractivity contribution in [1.82, 2.24) is 10.3 Å². The lowest BCUT2D eigenvalue weighted by atomic mass is 10.5. The van der Waals surface area contributed by atoms with Crippen LogP contribution >= 0.6 is 22.9 Å². The summed E-state index contributed by atoms with van der Waals surface area (Å²) in [7, 11) is 0. The van der Waals surface area contributed by atoms with Crippen LogP contribution in [0.15, 0.2) is 6.20 Å². The number of anilines is 1. The summed E-state index contributed by atoms with van der Waals surface area (Å²) in [4.78, 5) is 24.7. The summed E-state index contributed by atoms with van der Waals surface area (Å²) in [6, 6.07) is -0.450. The summed E-state index contributed by atoms with van der Waals surface area (Å²) in [6.07, 6.45) is 1.76. The van der Waals surface area contributed by atoms with Gasteiger partial charge in [-0.3, -0.25) is 15.4 Å². The van der Waals surface area contributed by atoms with Gasteiger partial charge in [0.05, 0.1) is 4.92 Å². The number of nitrogens with zero attached hydrogens (tertiary/aromatic N) is 2. The third-order valence-electron chi connectivity index (χ3n) is 1.49. The number of thiazole rings is 1. The van der Waals surface area contributed by atoms with Crippen molar-refractivity contribution in [2.24, 2.45) is 0 Å². The lowest BCUT2D eigenvalue weighted by Crippen LogP contribution is -2.29. The summed E-state index contributed by atoms with van der Waals surface area (Å²) < 4.78 is 0. The number of alkyl halides is 1. The highest BCUT2D eigenvalue weighted by Gasteiger charge is 2.12. The Bertz CT molecular complexity index is 383. The molecule has 88 valence electrons. The van der Waals surface area contributed by atoms with Gasteiger partial charge < -0.3 is 5.32 Å². The SMILES string of the molecule is O=C(NCCCCl)Nc1ncc([N+](=O)[O-])s1. The fourth-order valence-electron chi connectivity index (χ4n) is 0.818. The molecular formula is C7H9ClN4O3S. The predicted octanol–water partition coefficient (Wildman–Crippen LogP) is 1.80. The Balaban J connectivity index is 2.40. The average Bonchev–Trinajstić information content (AvgIpc) is 2.66. The molecule has 1 heterocycles. The van der Waals surface area contributed by atoms with Gasteiger partial charge in [0.2, 0.25) is 0 Å². The van der Waals surface area contributed by atoms with Crippen LogP contribution in [0.25, 0.3) is 0 Å². The minimum absolute atomic E-state index is 0.115. The van der Waals surface area contributed by atoms with Gasteiger partial charge in [-0.15, -0.1) is 11.6 Å². The maximum atomic E-state index is 11.2.